The summed E-state index contributed by atoms with van der Waals surface area (Å²) >= 11 is 0. The van der Waals surface area contributed by atoms with Crippen LogP contribution in [0.2, 0.25) is 0 Å². The van der Waals surface area contributed by atoms with E-state index in [0.29, 0.717) is 13.0 Å². The first-order chi connectivity index (χ1) is 10.9. The highest BCUT2D eigenvalue weighted by Gasteiger charge is 2.09. The number of hydrogen-bond acceptors (Lipinski definition) is 3. The molecule has 2 amide bonds. The second-order valence-electron chi connectivity index (χ2n) is 5.46. The maximum absolute atomic E-state index is 11.9. The fourth-order valence-electron chi connectivity index (χ4n) is 2.20. The van der Waals surface area contributed by atoms with E-state index in [1.165, 1.54) is 12.1 Å². The molecule has 0 saturated heterocycles. The molecule has 1 aromatic heterocycles. The van der Waals surface area contributed by atoms with Gasteiger partial charge in [-0.2, -0.15) is 5.10 Å². The summed E-state index contributed by atoms with van der Waals surface area (Å²) in [4.78, 5) is 22.6. The third-order valence-electron chi connectivity index (χ3n) is 3.33. The van der Waals surface area contributed by atoms with Gasteiger partial charge in [-0.15, -0.1) is 0 Å². The van der Waals surface area contributed by atoms with Gasteiger partial charge in [0.1, 0.15) is 0 Å². The molecule has 1 unspecified atom stereocenters. The lowest BCUT2D eigenvalue weighted by atomic mass is 10.1. The third kappa shape index (κ3) is 5.14. The van der Waals surface area contributed by atoms with Gasteiger partial charge in [-0.1, -0.05) is 12.1 Å². The van der Waals surface area contributed by atoms with Gasteiger partial charge in [-0.3, -0.25) is 4.68 Å². The van der Waals surface area contributed by atoms with Crippen LogP contribution >= 0.6 is 0 Å². The molecule has 1 heterocycles. The van der Waals surface area contributed by atoms with E-state index in [1.54, 1.807) is 23.0 Å². The molecule has 0 bridgehead atoms. The molecule has 0 aliphatic carbocycles. The summed E-state index contributed by atoms with van der Waals surface area (Å²) in [5.41, 5.74) is 2.12. The van der Waals surface area contributed by atoms with Gasteiger partial charge in [0.05, 0.1) is 11.8 Å². The molecule has 0 radical (unpaired) electrons. The summed E-state index contributed by atoms with van der Waals surface area (Å²) in [6.45, 7) is 2.26. The van der Waals surface area contributed by atoms with E-state index in [9.17, 15) is 9.59 Å². The number of carbonyl (C=O) groups is 2. The molecule has 0 aliphatic heterocycles. The van der Waals surface area contributed by atoms with Gasteiger partial charge >= 0.3 is 12.0 Å². The first-order valence-electron chi connectivity index (χ1n) is 7.28. The highest BCUT2D eigenvalue weighted by atomic mass is 16.4. The molecular weight excluding hydrogens is 296 g/mol. The topological polar surface area (TPSA) is 96.3 Å². The Balaban J connectivity index is 1.76. The van der Waals surface area contributed by atoms with Gasteiger partial charge in [0.2, 0.25) is 0 Å². The average Bonchev–Trinajstić information content (AvgIpc) is 2.90. The predicted molar refractivity (Wildman–Crippen MR) is 85.1 cm³/mol. The van der Waals surface area contributed by atoms with Crippen LogP contribution in [0.1, 0.15) is 28.4 Å². The Labute approximate surface area is 134 Å². The van der Waals surface area contributed by atoms with Crippen molar-refractivity contribution in [3.05, 3.63) is 53.3 Å². The normalized spacial score (nSPS) is 11.7. The molecule has 2 aromatic rings. The highest BCUT2D eigenvalue weighted by Crippen LogP contribution is 2.04. The maximum atomic E-state index is 11.9. The van der Waals surface area contributed by atoms with Crippen LogP contribution in [-0.4, -0.2) is 32.9 Å². The molecule has 122 valence electrons. The fraction of sp³-hybridized carbons (Fsp3) is 0.312. The zero-order valence-electron chi connectivity index (χ0n) is 13.1. The number of urea groups is 1. The SMILES string of the molecule is CC(Cc1cnn(C)c1)NC(=O)NCc1ccc(C(=O)O)cc1. The van der Waals surface area contributed by atoms with E-state index < -0.39 is 5.97 Å². The van der Waals surface area contributed by atoms with Gasteiger partial charge in [-0.05, 0) is 36.6 Å². The summed E-state index contributed by atoms with van der Waals surface area (Å²) in [5, 5.41) is 18.5. The lowest BCUT2D eigenvalue weighted by Crippen LogP contribution is -2.41. The summed E-state index contributed by atoms with van der Waals surface area (Å²) in [6.07, 6.45) is 4.40. The molecule has 3 N–H and O–H groups in total. The molecule has 0 saturated carbocycles. The lowest BCUT2D eigenvalue weighted by molar-refractivity contribution is 0.0697. The Bertz CT molecular complexity index is 679. The smallest absolute Gasteiger partial charge is 0.335 e. The van der Waals surface area contributed by atoms with Crippen LogP contribution in [-0.2, 0) is 20.0 Å². The maximum Gasteiger partial charge on any atom is 0.335 e. The van der Waals surface area contributed by atoms with Crippen molar-refractivity contribution in [2.45, 2.75) is 25.9 Å². The lowest BCUT2D eigenvalue weighted by Gasteiger charge is -2.14. The largest absolute Gasteiger partial charge is 0.478 e. The van der Waals surface area contributed by atoms with E-state index in [2.05, 4.69) is 15.7 Å². The number of amides is 2. The van der Waals surface area contributed by atoms with E-state index in [0.717, 1.165) is 11.1 Å². The number of benzene rings is 1. The van der Waals surface area contributed by atoms with Gasteiger partial charge in [0.25, 0.3) is 0 Å². The Morgan fingerprint density at radius 3 is 2.52 bits per heavy atom. The molecule has 1 aromatic carbocycles. The van der Waals surface area contributed by atoms with Crippen LogP contribution in [0.4, 0.5) is 4.79 Å². The summed E-state index contributed by atoms with van der Waals surface area (Å²) in [6, 6.07) is 6.12. The minimum absolute atomic E-state index is 0.0198. The number of nitrogens with zero attached hydrogens (tertiary/aromatic N) is 2. The van der Waals surface area contributed by atoms with Crippen molar-refractivity contribution in [3.8, 4) is 0 Å². The zero-order valence-corrected chi connectivity index (χ0v) is 13.1. The van der Waals surface area contributed by atoms with Gasteiger partial charge in [0.15, 0.2) is 0 Å². The van der Waals surface area contributed by atoms with Crippen LogP contribution in [0.25, 0.3) is 0 Å². The molecule has 0 aliphatic rings. The minimum atomic E-state index is -0.966. The van der Waals surface area contributed by atoms with Crippen molar-refractivity contribution in [2.24, 2.45) is 7.05 Å². The summed E-state index contributed by atoms with van der Waals surface area (Å²) < 4.78 is 1.73. The molecule has 0 spiro atoms. The number of carboxylic acids is 1. The van der Waals surface area contributed by atoms with E-state index in [1.807, 2.05) is 20.2 Å². The number of nitrogens with one attached hydrogen (secondary N) is 2. The van der Waals surface area contributed by atoms with Crippen molar-refractivity contribution in [1.82, 2.24) is 20.4 Å². The average molecular weight is 316 g/mol. The van der Waals surface area contributed by atoms with Crippen LogP contribution < -0.4 is 10.6 Å². The minimum Gasteiger partial charge on any atom is -0.478 e. The number of carbonyl (C=O) groups excluding carboxylic acids is 1. The van der Waals surface area contributed by atoms with Gasteiger partial charge in [0, 0.05) is 25.8 Å². The van der Waals surface area contributed by atoms with Crippen LogP contribution in [0.3, 0.4) is 0 Å². The summed E-state index contributed by atoms with van der Waals surface area (Å²) in [5.74, 6) is -0.966. The summed E-state index contributed by atoms with van der Waals surface area (Å²) in [7, 11) is 1.85. The molecule has 0 fully saturated rings. The monoisotopic (exact) mass is 316 g/mol. The fourth-order valence-corrected chi connectivity index (χ4v) is 2.20. The Morgan fingerprint density at radius 2 is 1.96 bits per heavy atom. The van der Waals surface area contributed by atoms with Crippen LogP contribution in [0, 0.1) is 0 Å². The third-order valence-corrected chi connectivity index (χ3v) is 3.33. The molecule has 7 nitrogen and oxygen atoms in total. The Hall–Kier alpha value is -2.83. The van der Waals surface area contributed by atoms with Crippen LogP contribution in [0.5, 0.6) is 0 Å². The van der Waals surface area contributed by atoms with Crippen molar-refractivity contribution < 1.29 is 14.7 Å². The van der Waals surface area contributed by atoms with Gasteiger partial charge < -0.3 is 15.7 Å². The molecule has 7 heteroatoms. The molecule has 1 atom stereocenters. The first kappa shape index (κ1) is 16.5. The second kappa shape index (κ2) is 7.44. The number of aryl methyl sites for hydroxylation is 1. The quantitative estimate of drug-likeness (QED) is 0.753. The highest BCUT2D eigenvalue weighted by molar-refractivity contribution is 5.87. The number of aromatic carboxylic acids is 1. The second-order valence-corrected chi connectivity index (χ2v) is 5.46. The van der Waals surface area contributed by atoms with Gasteiger partial charge in [-0.25, -0.2) is 9.59 Å². The number of aromatic nitrogens is 2. The van der Waals surface area contributed by atoms with Crippen molar-refractivity contribution >= 4 is 12.0 Å². The van der Waals surface area contributed by atoms with Crippen molar-refractivity contribution in [3.63, 3.8) is 0 Å². The predicted octanol–water partition coefficient (Wildman–Crippen LogP) is 1.55. The first-order valence-corrected chi connectivity index (χ1v) is 7.28. The number of rotatable bonds is 6. The van der Waals surface area contributed by atoms with E-state index in [4.69, 9.17) is 5.11 Å². The molecular formula is C16H20N4O3. The number of hydrogen-bond donors (Lipinski definition) is 3. The van der Waals surface area contributed by atoms with E-state index in [-0.39, 0.29) is 17.6 Å². The van der Waals surface area contributed by atoms with Crippen molar-refractivity contribution in [2.75, 3.05) is 0 Å². The Kier molecular flexibility index (Phi) is 5.35. The van der Waals surface area contributed by atoms with E-state index >= 15 is 0 Å². The molecule has 23 heavy (non-hydrogen) atoms. The van der Waals surface area contributed by atoms with Crippen molar-refractivity contribution in [1.29, 1.82) is 0 Å². The molecule has 2 rings (SSSR count). The zero-order chi connectivity index (χ0) is 16.8. The van der Waals surface area contributed by atoms with Crippen LogP contribution in [0.15, 0.2) is 36.7 Å². The number of carboxylic acid groups (broad SMARTS) is 1. The Morgan fingerprint density at radius 1 is 1.26 bits per heavy atom. The standard InChI is InChI=1S/C16H20N4O3/c1-11(7-13-9-18-20(2)10-13)19-16(23)17-8-12-3-5-14(6-4-12)15(21)22/h3-6,9-11H,7-8H2,1-2H3,(H,21,22)(H2,17,19,23).